The SMILES string of the molecule is CC1(CNc2cc(F)cc(C#N)c2)CCCO1. The first kappa shape index (κ1) is 11.9. The molecular formula is C13H15FN2O. The van der Waals surface area contributed by atoms with E-state index >= 15 is 0 Å². The molecule has 1 fully saturated rings. The Kier molecular flexibility index (Phi) is 3.30. The first-order valence-corrected chi connectivity index (χ1v) is 5.70. The molecule has 1 aliphatic rings. The molecule has 3 nitrogen and oxygen atoms in total. The predicted molar refractivity (Wildman–Crippen MR) is 63.2 cm³/mol. The van der Waals surface area contributed by atoms with Gasteiger partial charge in [-0.3, -0.25) is 0 Å². The highest BCUT2D eigenvalue weighted by Gasteiger charge is 2.29. The summed E-state index contributed by atoms with van der Waals surface area (Å²) in [4.78, 5) is 0. The van der Waals surface area contributed by atoms with Crippen LogP contribution in [0.3, 0.4) is 0 Å². The van der Waals surface area contributed by atoms with E-state index in [0.717, 1.165) is 19.4 Å². The van der Waals surface area contributed by atoms with Crippen molar-refractivity contribution in [2.75, 3.05) is 18.5 Å². The van der Waals surface area contributed by atoms with Crippen LogP contribution in [0.1, 0.15) is 25.3 Å². The second kappa shape index (κ2) is 4.72. The van der Waals surface area contributed by atoms with Crippen LogP contribution in [0.4, 0.5) is 10.1 Å². The van der Waals surface area contributed by atoms with Crippen molar-refractivity contribution < 1.29 is 9.13 Å². The summed E-state index contributed by atoms with van der Waals surface area (Å²) in [5.74, 6) is -0.399. The lowest BCUT2D eigenvalue weighted by Crippen LogP contribution is -2.32. The van der Waals surface area contributed by atoms with Crippen LogP contribution in [0, 0.1) is 17.1 Å². The van der Waals surface area contributed by atoms with Crippen LogP contribution in [0.15, 0.2) is 18.2 Å². The highest BCUT2D eigenvalue weighted by Crippen LogP contribution is 2.25. The van der Waals surface area contributed by atoms with Gasteiger partial charge in [0.15, 0.2) is 0 Å². The maximum atomic E-state index is 13.2. The van der Waals surface area contributed by atoms with E-state index in [9.17, 15) is 4.39 Å². The third-order valence-corrected chi connectivity index (χ3v) is 2.99. The third kappa shape index (κ3) is 2.95. The first-order valence-electron chi connectivity index (χ1n) is 5.70. The highest BCUT2D eigenvalue weighted by atomic mass is 19.1. The molecule has 0 bridgehead atoms. The van der Waals surface area contributed by atoms with E-state index in [1.54, 1.807) is 6.07 Å². The van der Waals surface area contributed by atoms with Gasteiger partial charge in [0.1, 0.15) is 5.82 Å². The fourth-order valence-electron chi connectivity index (χ4n) is 2.02. The van der Waals surface area contributed by atoms with Gasteiger partial charge in [0, 0.05) is 18.8 Å². The lowest BCUT2D eigenvalue weighted by atomic mass is 10.0. The molecule has 90 valence electrons. The number of anilines is 1. The number of hydrogen-bond acceptors (Lipinski definition) is 3. The van der Waals surface area contributed by atoms with E-state index < -0.39 is 5.82 Å². The van der Waals surface area contributed by atoms with E-state index in [-0.39, 0.29) is 5.60 Å². The van der Waals surface area contributed by atoms with Gasteiger partial charge >= 0.3 is 0 Å². The van der Waals surface area contributed by atoms with E-state index in [1.807, 2.05) is 13.0 Å². The minimum Gasteiger partial charge on any atom is -0.382 e. The number of ether oxygens (including phenoxy) is 1. The van der Waals surface area contributed by atoms with Gasteiger partial charge in [0.05, 0.1) is 17.2 Å². The van der Waals surface area contributed by atoms with Crippen LogP contribution in [-0.4, -0.2) is 18.8 Å². The number of rotatable bonds is 3. The summed E-state index contributed by atoms with van der Waals surface area (Å²) in [5.41, 5.74) is 0.766. The van der Waals surface area contributed by atoms with Gasteiger partial charge in [-0.1, -0.05) is 0 Å². The van der Waals surface area contributed by atoms with Crippen molar-refractivity contribution in [2.45, 2.75) is 25.4 Å². The molecule has 0 spiro atoms. The Bertz CT molecular complexity index is 447. The Morgan fingerprint density at radius 1 is 1.53 bits per heavy atom. The quantitative estimate of drug-likeness (QED) is 0.874. The number of nitriles is 1. The van der Waals surface area contributed by atoms with Crippen molar-refractivity contribution in [3.05, 3.63) is 29.6 Å². The molecule has 2 rings (SSSR count). The Balaban J connectivity index is 2.04. The van der Waals surface area contributed by atoms with Crippen molar-refractivity contribution in [3.8, 4) is 6.07 Å². The molecule has 1 N–H and O–H groups in total. The Hall–Kier alpha value is -1.60. The van der Waals surface area contributed by atoms with E-state index in [0.29, 0.717) is 17.8 Å². The van der Waals surface area contributed by atoms with E-state index in [4.69, 9.17) is 10.00 Å². The van der Waals surface area contributed by atoms with Gasteiger partial charge < -0.3 is 10.1 Å². The van der Waals surface area contributed by atoms with Gasteiger partial charge in [-0.15, -0.1) is 0 Å². The van der Waals surface area contributed by atoms with Gasteiger partial charge in [-0.2, -0.15) is 5.26 Å². The zero-order chi connectivity index (χ0) is 12.3. The van der Waals surface area contributed by atoms with E-state index in [1.165, 1.54) is 12.1 Å². The van der Waals surface area contributed by atoms with Gasteiger partial charge in [0.2, 0.25) is 0 Å². The molecule has 1 unspecified atom stereocenters. The largest absolute Gasteiger partial charge is 0.382 e. The lowest BCUT2D eigenvalue weighted by Gasteiger charge is -2.24. The predicted octanol–water partition coefficient (Wildman–Crippen LogP) is 2.68. The summed E-state index contributed by atoms with van der Waals surface area (Å²) < 4.78 is 18.8. The summed E-state index contributed by atoms with van der Waals surface area (Å²) >= 11 is 0. The van der Waals surface area contributed by atoms with Crippen molar-refractivity contribution in [3.63, 3.8) is 0 Å². The molecule has 0 amide bonds. The molecule has 17 heavy (non-hydrogen) atoms. The maximum Gasteiger partial charge on any atom is 0.126 e. The van der Waals surface area contributed by atoms with Gasteiger partial charge in [-0.25, -0.2) is 4.39 Å². The molecule has 0 radical (unpaired) electrons. The number of nitrogens with zero attached hydrogens (tertiary/aromatic N) is 1. The minimum atomic E-state index is -0.399. The Labute approximate surface area is 100 Å². The Morgan fingerprint density at radius 3 is 3.00 bits per heavy atom. The van der Waals surface area contributed by atoms with Crippen LogP contribution in [0.2, 0.25) is 0 Å². The van der Waals surface area contributed by atoms with E-state index in [2.05, 4.69) is 5.32 Å². The minimum absolute atomic E-state index is 0.181. The smallest absolute Gasteiger partial charge is 0.126 e. The zero-order valence-electron chi connectivity index (χ0n) is 9.79. The number of hydrogen-bond donors (Lipinski definition) is 1. The average Bonchev–Trinajstić information content (AvgIpc) is 2.73. The molecule has 0 saturated carbocycles. The summed E-state index contributed by atoms with van der Waals surface area (Å²) in [6.45, 7) is 3.45. The number of nitrogens with one attached hydrogen (secondary N) is 1. The molecule has 4 heteroatoms. The fraction of sp³-hybridized carbons (Fsp3) is 0.462. The van der Waals surface area contributed by atoms with Crippen molar-refractivity contribution in [1.82, 2.24) is 0 Å². The number of benzene rings is 1. The standard InChI is InChI=1S/C13H15FN2O/c1-13(3-2-4-17-13)9-16-12-6-10(8-15)5-11(14)7-12/h5-7,16H,2-4,9H2,1H3. The summed E-state index contributed by atoms with van der Waals surface area (Å²) in [6.07, 6.45) is 2.06. The third-order valence-electron chi connectivity index (χ3n) is 2.99. The molecule has 0 aromatic heterocycles. The molecule has 1 saturated heterocycles. The van der Waals surface area contributed by atoms with Crippen LogP contribution >= 0.6 is 0 Å². The van der Waals surface area contributed by atoms with Gasteiger partial charge in [-0.05, 0) is 38.0 Å². The van der Waals surface area contributed by atoms with Gasteiger partial charge in [0.25, 0.3) is 0 Å². The first-order chi connectivity index (χ1) is 8.11. The normalized spacial score (nSPS) is 23.4. The highest BCUT2D eigenvalue weighted by molar-refractivity contribution is 5.49. The maximum absolute atomic E-state index is 13.2. The molecule has 0 aliphatic carbocycles. The second-order valence-electron chi connectivity index (χ2n) is 4.60. The van der Waals surface area contributed by atoms with Crippen LogP contribution in [0.25, 0.3) is 0 Å². The second-order valence-corrected chi connectivity index (χ2v) is 4.60. The molecule has 1 atom stereocenters. The van der Waals surface area contributed by atoms with Crippen LogP contribution < -0.4 is 5.32 Å². The Morgan fingerprint density at radius 2 is 2.35 bits per heavy atom. The van der Waals surface area contributed by atoms with Crippen LogP contribution in [0.5, 0.6) is 0 Å². The summed E-state index contributed by atoms with van der Waals surface area (Å²) in [5, 5.41) is 11.9. The summed E-state index contributed by atoms with van der Waals surface area (Å²) in [7, 11) is 0. The van der Waals surface area contributed by atoms with Crippen molar-refractivity contribution in [2.24, 2.45) is 0 Å². The zero-order valence-corrected chi connectivity index (χ0v) is 9.79. The van der Waals surface area contributed by atoms with Crippen molar-refractivity contribution >= 4 is 5.69 Å². The number of halogens is 1. The van der Waals surface area contributed by atoms with Crippen molar-refractivity contribution in [1.29, 1.82) is 5.26 Å². The molecule has 1 aromatic carbocycles. The molecule has 1 heterocycles. The lowest BCUT2D eigenvalue weighted by molar-refractivity contribution is 0.0315. The average molecular weight is 234 g/mol. The topological polar surface area (TPSA) is 45.0 Å². The van der Waals surface area contributed by atoms with Crippen LogP contribution in [-0.2, 0) is 4.74 Å². The molecule has 1 aliphatic heterocycles. The molecular weight excluding hydrogens is 219 g/mol. The summed E-state index contributed by atoms with van der Waals surface area (Å²) in [6, 6.07) is 6.18. The fourth-order valence-corrected chi connectivity index (χ4v) is 2.02. The molecule has 1 aromatic rings. The monoisotopic (exact) mass is 234 g/mol.